The van der Waals surface area contributed by atoms with E-state index in [1.165, 1.54) is 0 Å². The second-order valence-electron chi connectivity index (χ2n) is 5.66. The van der Waals surface area contributed by atoms with Crippen LogP contribution in [0.3, 0.4) is 0 Å². The second kappa shape index (κ2) is 8.49. The molecule has 7 heteroatoms. The minimum Gasteiger partial charge on any atom is -0.481 e. The van der Waals surface area contributed by atoms with E-state index in [0.29, 0.717) is 13.0 Å². The molecule has 0 spiro atoms. The lowest BCUT2D eigenvalue weighted by atomic mass is 9.98. The number of hydrogen-bond acceptors (Lipinski definition) is 3. The van der Waals surface area contributed by atoms with E-state index in [4.69, 9.17) is 5.11 Å². The Balaban J connectivity index is 2.45. The molecule has 1 heterocycles. The molecule has 0 radical (unpaired) electrons. The van der Waals surface area contributed by atoms with Crippen LogP contribution in [0.25, 0.3) is 0 Å². The summed E-state index contributed by atoms with van der Waals surface area (Å²) in [6.45, 7) is 4.26. The maximum absolute atomic E-state index is 12.1. The van der Waals surface area contributed by atoms with Crippen LogP contribution >= 0.6 is 0 Å². The van der Waals surface area contributed by atoms with Gasteiger partial charge in [0, 0.05) is 25.0 Å². The molecule has 3 amide bonds. The Kier molecular flexibility index (Phi) is 6.98. The number of urea groups is 1. The van der Waals surface area contributed by atoms with Crippen molar-refractivity contribution in [2.75, 3.05) is 13.1 Å². The van der Waals surface area contributed by atoms with Gasteiger partial charge in [-0.15, -0.1) is 0 Å². The number of piperidine rings is 1. The predicted octanol–water partition coefficient (Wildman–Crippen LogP) is 0.940. The first-order valence-electron chi connectivity index (χ1n) is 7.45. The molecule has 0 aromatic rings. The average molecular weight is 299 g/mol. The van der Waals surface area contributed by atoms with Crippen molar-refractivity contribution in [3.05, 3.63) is 0 Å². The van der Waals surface area contributed by atoms with Gasteiger partial charge in [-0.3, -0.25) is 9.59 Å². The number of amides is 3. The van der Waals surface area contributed by atoms with Crippen LogP contribution in [0.15, 0.2) is 0 Å². The van der Waals surface area contributed by atoms with Gasteiger partial charge in [0.25, 0.3) is 0 Å². The van der Waals surface area contributed by atoms with Gasteiger partial charge in [0.15, 0.2) is 0 Å². The summed E-state index contributed by atoms with van der Waals surface area (Å²) in [7, 11) is 0. The van der Waals surface area contributed by atoms with Gasteiger partial charge in [0.1, 0.15) is 0 Å². The van der Waals surface area contributed by atoms with Crippen LogP contribution in [0.2, 0.25) is 0 Å². The maximum atomic E-state index is 12.1. The number of carbonyl (C=O) groups is 3. The summed E-state index contributed by atoms with van der Waals surface area (Å²) < 4.78 is 0. The van der Waals surface area contributed by atoms with E-state index in [0.717, 1.165) is 19.3 Å². The molecule has 1 saturated heterocycles. The van der Waals surface area contributed by atoms with Crippen molar-refractivity contribution in [2.45, 2.75) is 58.0 Å². The number of carboxylic acids is 1. The molecule has 0 aromatic heterocycles. The van der Waals surface area contributed by atoms with Crippen molar-refractivity contribution in [3.8, 4) is 0 Å². The quantitative estimate of drug-likeness (QED) is 0.679. The minimum absolute atomic E-state index is 0.0349. The van der Waals surface area contributed by atoms with E-state index in [-0.39, 0.29) is 37.0 Å². The summed E-state index contributed by atoms with van der Waals surface area (Å²) in [4.78, 5) is 36.0. The lowest BCUT2D eigenvalue weighted by molar-refractivity contribution is -0.137. The highest BCUT2D eigenvalue weighted by molar-refractivity contribution is 5.84. The molecule has 1 aliphatic rings. The molecule has 1 rings (SSSR count). The van der Waals surface area contributed by atoms with Gasteiger partial charge in [0.2, 0.25) is 5.91 Å². The molecule has 1 fully saturated rings. The Morgan fingerprint density at radius 3 is 2.62 bits per heavy atom. The monoisotopic (exact) mass is 299 g/mol. The molecule has 0 saturated carbocycles. The van der Waals surface area contributed by atoms with Gasteiger partial charge in [-0.2, -0.15) is 0 Å². The summed E-state index contributed by atoms with van der Waals surface area (Å²) in [5.41, 5.74) is 0. The molecule has 3 N–H and O–H groups in total. The molecule has 21 heavy (non-hydrogen) atoms. The molecule has 0 aliphatic carbocycles. The first-order valence-corrected chi connectivity index (χ1v) is 7.45. The van der Waals surface area contributed by atoms with Gasteiger partial charge in [-0.1, -0.05) is 0 Å². The summed E-state index contributed by atoms with van der Waals surface area (Å²) in [6.07, 6.45) is 3.25. The normalized spacial score (nSPS) is 18.4. The fourth-order valence-corrected chi connectivity index (χ4v) is 2.49. The van der Waals surface area contributed by atoms with Crippen LogP contribution in [0.5, 0.6) is 0 Å². The largest absolute Gasteiger partial charge is 0.481 e. The van der Waals surface area contributed by atoms with E-state index < -0.39 is 5.97 Å². The highest BCUT2D eigenvalue weighted by Gasteiger charge is 2.27. The number of carbonyl (C=O) groups excluding carboxylic acids is 2. The van der Waals surface area contributed by atoms with Crippen molar-refractivity contribution in [1.29, 1.82) is 0 Å². The third-order valence-corrected chi connectivity index (χ3v) is 3.43. The lowest BCUT2D eigenvalue weighted by Crippen LogP contribution is -2.51. The first-order chi connectivity index (χ1) is 9.90. The van der Waals surface area contributed by atoms with E-state index in [9.17, 15) is 14.4 Å². The predicted molar refractivity (Wildman–Crippen MR) is 77.9 cm³/mol. The average Bonchev–Trinajstić information content (AvgIpc) is 2.42. The number of carboxylic acid groups (broad SMARTS) is 1. The lowest BCUT2D eigenvalue weighted by Gasteiger charge is -2.35. The topological polar surface area (TPSA) is 98.7 Å². The van der Waals surface area contributed by atoms with Gasteiger partial charge < -0.3 is 20.6 Å². The Labute approximate surface area is 125 Å². The van der Waals surface area contributed by atoms with Crippen molar-refractivity contribution in [1.82, 2.24) is 15.5 Å². The van der Waals surface area contributed by atoms with Crippen molar-refractivity contribution in [2.24, 2.45) is 0 Å². The molecular formula is C14H25N3O4. The molecule has 0 aromatic carbocycles. The third kappa shape index (κ3) is 6.46. The van der Waals surface area contributed by atoms with Gasteiger partial charge in [0.05, 0.1) is 6.54 Å². The van der Waals surface area contributed by atoms with Gasteiger partial charge >= 0.3 is 12.0 Å². The Morgan fingerprint density at radius 1 is 1.29 bits per heavy atom. The fourth-order valence-electron chi connectivity index (χ4n) is 2.49. The molecule has 120 valence electrons. The molecule has 1 unspecified atom stereocenters. The molecule has 7 nitrogen and oxygen atoms in total. The van der Waals surface area contributed by atoms with Gasteiger partial charge in [-0.25, -0.2) is 4.79 Å². The van der Waals surface area contributed by atoms with Crippen molar-refractivity contribution >= 4 is 17.9 Å². The first kappa shape index (κ1) is 17.3. The standard InChI is InChI=1S/C14H25N3O4/c1-10(2)16-12(18)9-15-14(21)17-8-4-3-5-11(17)6-7-13(19)20/h10-11H,3-9H2,1-2H3,(H,15,21)(H,16,18)(H,19,20). The highest BCUT2D eigenvalue weighted by atomic mass is 16.4. The van der Waals surface area contributed by atoms with E-state index >= 15 is 0 Å². The van der Waals surface area contributed by atoms with Crippen LogP contribution in [0, 0.1) is 0 Å². The van der Waals surface area contributed by atoms with E-state index in [1.54, 1.807) is 4.90 Å². The SMILES string of the molecule is CC(C)NC(=O)CNC(=O)N1CCCCC1CCC(=O)O. The number of nitrogens with zero attached hydrogens (tertiary/aromatic N) is 1. The van der Waals surface area contributed by atoms with Crippen LogP contribution < -0.4 is 10.6 Å². The van der Waals surface area contributed by atoms with Crippen molar-refractivity contribution < 1.29 is 19.5 Å². The summed E-state index contributed by atoms with van der Waals surface area (Å²) in [5.74, 6) is -1.07. The minimum atomic E-state index is -0.850. The number of hydrogen-bond donors (Lipinski definition) is 3. The number of aliphatic carboxylic acids is 1. The maximum Gasteiger partial charge on any atom is 0.318 e. The molecule has 1 atom stereocenters. The molecular weight excluding hydrogens is 274 g/mol. The van der Waals surface area contributed by atoms with Crippen molar-refractivity contribution in [3.63, 3.8) is 0 Å². The molecule has 1 aliphatic heterocycles. The zero-order chi connectivity index (χ0) is 15.8. The van der Waals surface area contributed by atoms with E-state index in [1.807, 2.05) is 13.8 Å². The number of likely N-dealkylation sites (tertiary alicyclic amines) is 1. The zero-order valence-corrected chi connectivity index (χ0v) is 12.7. The van der Waals surface area contributed by atoms with E-state index in [2.05, 4.69) is 10.6 Å². The van der Waals surface area contributed by atoms with Crippen LogP contribution in [-0.2, 0) is 9.59 Å². The summed E-state index contributed by atoms with van der Waals surface area (Å²) in [6, 6.07) is -0.306. The number of nitrogens with one attached hydrogen (secondary N) is 2. The molecule has 0 bridgehead atoms. The third-order valence-electron chi connectivity index (χ3n) is 3.43. The van der Waals surface area contributed by atoms with Gasteiger partial charge in [-0.05, 0) is 39.5 Å². The second-order valence-corrected chi connectivity index (χ2v) is 5.66. The zero-order valence-electron chi connectivity index (χ0n) is 12.7. The van der Waals surface area contributed by atoms with Crippen LogP contribution in [0.4, 0.5) is 4.79 Å². The van der Waals surface area contributed by atoms with Crippen LogP contribution in [-0.4, -0.2) is 53.1 Å². The highest BCUT2D eigenvalue weighted by Crippen LogP contribution is 2.20. The Bertz CT molecular complexity index is 384. The summed E-state index contributed by atoms with van der Waals surface area (Å²) in [5, 5.41) is 14.1. The fraction of sp³-hybridized carbons (Fsp3) is 0.786. The smallest absolute Gasteiger partial charge is 0.318 e. The van der Waals surface area contributed by atoms with Crippen LogP contribution in [0.1, 0.15) is 46.0 Å². The Hall–Kier alpha value is -1.79. The summed E-state index contributed by atoms with van der Waals surface area (Å²) >= 11 is 0. The Morgan fingerprint density at radius 2 is 2.00 bits per heavy atom. The number of rotatable bonds is 6.